The highest BCUT2D eigenvalue weighted by molar-refractivity contribution is 5.67. The molecule has 0 heterocycles. The van der Waals surface area contributed by atoms with Crippen molar-refractivity contribution in [2.24, 2.45) is 0 Å². The average molecular weight is 407 g/mol. The van der Waals surface area contributed by atoms with Crippen molar-refractivity contribution < 1.29 is 24.5 Å². The van der Waals surface area contributed by atoms with Crippen molar-refractivity contribution in [1.82, 2.24) is 4.90 Å². The first-order valence-corrected chi connectivity index (χ1v) is 9.62. The number of nitrogens with zero attached hydrogens (tertiary/aromatic N) is 1. The molecule has 2 N–H and O–H groups in total. The second kappa shape index (κ2) is 10.3. The van der Waals surface area contributed by atoms with Gasteiger partial charge in [0.05, 0.1) is 12.6 Å². The number of phenols is 1. The summed E-state index contributed by atoms with van der Waals surface area (Å²) in [5, 5.41) is 20.6. The van der Waals surface area contributed by atoms with Gasteiger partial charge in [0.2, 0.25) is 0 Å². The quantitative estimate of drug-likeness (QED) is 0.583. The Balaban J connectivity index is 1.56. The van der Waals surface area contributed by atoms with E-state index in [1.54, 1.807) is 19.2 Å². The van der Waals surface area contributed by atoms with E-state index in [0.717, 1.165) is 11.1 Å². The van der Waals surface area contributed by atoms with E-state index < -0.39 is 12.2 Å². The summed E-state index contributed by atoms with van der Waals surface area (Å²) in [5.74, 6) is 0.252. The molecule has 3 aromatic carbocycles. The van der Waals surface area contributed by atoms with Gasteiger partial charge < -0.3 is 24.6 Å². The van der Waals surface area contributed by atoms with Gasteiger partial charge in [-0.3, -0.25) is 0 Å². The second-order valence-corrected chi connectivity index (χ2v) is 6.94. The maximum atomic E-state index is 12.2. The minimum absolute atomic E-state index is 0.0162. The van der Waals surface area contributed by atoms with Gasteiger partial charge in [0.15, 0.2) is 11.5 Å². The molecule has 0 saturated carbocycles. The predicted octanol–water partition coefficient (Wildman–Crippen LogP) is 4.27. The summed E-state index contributed by atoms with van der Waals surface area (Å²) in [4.78, 5) is 13.5. The smallest absolute Gasteiger partial charge is 0.409 e. The molecule has 0 aromatic heterocycles. The van der Waals surface area contributed by atoms with E-state index in [4.69, 9.17) is 9.47 Å². The Hall–Kier alpha value is -3.51. The van der Waals surface area contributed by atoms with Crippen molar-refractivity contribution >= 4 is 6.09 Å². The first kappa shape index (κ1) is 21.2. The summed E-state index contributed by atoms with van der Waals surface area (Å²) in [5.41, 5.74) is 2.38. The molecule has 1 amide bonds. The molecule has 0 aliphatic carbocycles. The molecule has 3 aromatic rings. The lowest BCUT2D eigenvalue weighted by molar-refractivity contribution is 0.0786. The molecular formula is C24H25NO5. The van der Waals surface area contributed by atoms with Crippen LogP contribution in [0.4, 0.5) is 4.79 Å². The van der Waals surface area contributed by atoms with E-state index in [2.05, 4.69) is 0 Å². The first-order valence-electron chi connectivity index (χ1n) is 9.62. The molecule has 3 rings (SSSR count). The van der Waals surface area contributed by atoms with Crippen LogP contribution in [0.3, 0.4) is 0 Å². The number of carbonyl (C=O) groups excluding carboxylic acids is 1. The summed E-state index contributed by atoms with van der Waals surface area (Å²) in [7, 11) is 1.56. The molecular weight excluding hydrogens is 382 g/mol. The lowest BCUT2D eigenvalue weighted by Gasteiger charge is -2.21. The van der Waals surface area contributed by atoms with Crippen molar-refractivity contribution in [3.05, 3.63) is 95.6 Å². The van der Waals surface area contributed by atoms with Gasteiger partial charge in [-0.15, -0.1) is 0 Å². The Morgan fingerprint density at radius 3 is 2.17 bits per heavy atom. The lowest BCUT2D eigenvalue weighted by atomic mass is 10.1. The number of hydrogen-bond acceptors (Lipinski definition) is 5. The number of likely N-dealkylation sites (N-methyl/N-ethyl adjacent to an activating group) is 1. The molecule has 156 valence electrons. The van der Waals surface area contributed by atoms with Gasteiger partial charge >= 0.3 is 6.09 Å². The largest absolute Gasteiger partial charge is 0.504 e. The number of hydrogen-bond donors (Lipinski definition) is 2. The van der Waals surface area contributed by atoms with Crippen molar-refractivity contribution in [3.8, 4) is 11.5 Å². The molecule has 30 heavy (non-hydrogen) atoms. The summed E-state index contributed by atoms with van der Waals surface area (Å²) >= 11 is 0. The van der Waals surface area contributed by atoms with Crippen LogP contribution in [0.5, 0.6) is 11.5 Å². The molecule has 0 bridgehead atoms. The molecule has 0 spiro atoms. The number of amides is 1. The maximum absolute atomic E-state index is 12.2. The molecule has 6 nitrogen and oxygen atoms in total. The van der Waals surface area contributed by atoms with E-state index in [1.807, 2.05) is 60.7 Å². The van der Waals surface area contributed by atoms with Crippen molar-refractivity contribution in [1.29, 1.82) is 0 Å². The number of carbonyl (C=O) groups is 1. The summed E-state index contributed by atoms with van der Waals surface area (Å²) in [6.07, 6.45) is -1.49. The van der Waals surface area contributed by atoms with Crippen LogP contribution < -0.4 is 4.74 Å². The fourth-order valence-electron chi connectivity index (χ4n) is 2.86. The lowest BCUT2D eigenvalue weighted by Crippen LogP contribution is -2.31. The van der Waals surface area contributed by atoms with Crippen molar-refractivity contribution in [2.45, 2.75) is 19.3 Å². The normalized spacial score (nSPS) is 11.5. The molecule has 0 aliphatic rings. The third-order valence-electron chi connectivity index (χ3n) is 4.57. The number of benzene rings is 3. The highest BCUT2D eigenvalue weighted by Crippen LogP contribution is 2.30. The third-order valence-corrected chi connectivity index (χ3v) is 4.57. The summed E-state index contributed by atoms with van der Waals surface area (Å²) in [6, 6.07) is 23.6. The standard InChI is InChI=1S/C24H25NO5/c1-25(24(28)30-17-19-10-6-3-7-11-19)15-22(27)20-12-13-21(26)23(14-20)29-16-18-8-4-2-5-9-18/h2-14,22,26-27H,15-17H2,1H3. The van der Waals surface area contributed by atoms with Crippen molar-refractivity contribution in [2.75, 3.05) is 13.6 Å². The van der Waals surface area contributed by atoms with E-state index in [-0.39, 0.29) is 24.7 Å². The topological polar surface area (TPSA) is 79.2 Å². The number of phenolic OH excluding ortho intramolecular Hbond substituents is 1. The summed E-state index contributed by atoms with van der Waals surface area (Å²) < 4.78 is 11.0. The van der Waals surface area contributed by atoms with Crippen LogP contribution in [0.2, 0.25) is 0 Å². The zero-order chi connectivity index (χ0) is 21.3. The van der Waals surface area contributed by atoms with Gasteiger partial charge in [0.1, 0.15) is 13.2 Å². The van der Waals surface area contributed by atoms with Gasteiger partial charge in [0.25, 0.3) is 0 Å². The zero-order valence-electron chi connectivity index (χ0n) is 16.8. The van der Waals surface area contributed by atoms with Gasteiger partial charge in [0, 0.05) is 7.05 Å². The van der Waals surface area contributed by atoms with Crippen LogP contribution in [-0.2, 0) is 18.0 Å². The van der Waals surface area contributed by atoms with E-state index in [9.17, 15) is 15.0 Å². The zero-order valence-corrected chi connectivity index (χ0v) is 16.8. The van der Waals surface area contributed by atoms with Crippen LogP contribution >= 0.6 is 0 Å². The maximum Gasteiger partial charge on any atom is 0.409 e. The minimum Gasteiger partial charge on any atom is -0.504 e. The van der Waals surface area contributed by atoms with Crippen molar-refractivity contribution in [3.63, 3.8) is 0 Å². The van der Waals surface area contributed by atoms with Crippen LogP contribution in [0, 0.1) is 0 Å². The third kappa shape index (κ3) is 5.99. The molecule has 0 radical (unpaired) electrons. The fraction of sp³-hybridized carbons (Fsp3) is 0.208. The van der Waals surface area contributed by atoms with Gasteiger partial charge in [-0.05, 0) is 28.8 Å². The van der Waals surface area contributed by atoms with Gasteiger partial charge in [-0.2, -0.15) is 0 Å². The van der Waals surface area contributed by atoms with Crippen LogP contribution in [0.15, 0.2) is 78.9 Å². The minimum atomic E-state index is -0.959. The van der Waals surface area contributed by atoms with E-state index in [0.29, 0.717) is 12.2 Å². The Kier molecular flexibility index (Phi) is 7.29. The van der Waals surface area contributed by atoms with Gasteiger partial charge in [-0.1, -0.05) is 66.7 Å². The van der Waals surface area contributed by atoms with E-state index >= 15 is 0 Å². The Morgan fingerprint density at radius 1 is 0.933 bits per heavy atom. The molecule has 1 unspecified atom stereocenters. The second-order valence-electron chi connectivity index (χ2n) is 6.94. The monoisotopic (exact) mass is 407 g/mol. The molecule has 0 aliphatic heterocycles. The molecule has 0 saturated heterocycles. The number of ether oxygens (including phenoxy) is 2. The number of rotatable bonds is 8. The Bertz CT molecular complexity index is 946. The number of aromatic hydroxyl groups is 1. The van der Waals surface area contributed by atoms with Crippen LogP contribution in [0.25, 0.3) is 0 Å². The predicted molar refractivity (Wildman–Crippen MR) is 113 cm³/mol. The Labute approximate surface area is 175 Å². The summed E-state index contributed by atoms with van der Waals surface area (Å²) in [6.45, 7) is 0.493. The number of aliphatic hydroxyl groups excluding tert-OH is 1. The molecule has 0 fully saturated rings. The van der Waals surface area contributed by atoms with Gasteiger partial charge in [-0.25, -0.2) is 4.79 Å². The van der Waals surface area contributed by atoms with E-state index in [1.165, 1.54) is 11.0 Å². The molecule has 1 atom stereocenters. The number of aliphatic hydroxyl groups is 1. The van der Waals surface area contributed by atoms with Crippen LogP contribution in [0.1, 0.15) is 22.8 Å². The highest BCUT2D eigenvalue weighted by atomic mass is 16.6. The SMILES string of the molecule is CN(CC(O)c1ccc(O)c(OCc2ccccc2)c1)C(=O)OCc1ccccc1. The average Bonchev–Trinajstić information content (AvgIpc) is 2.78. The first-order chi connectivity index (χ1) is 14.5. The van der Waals surface area contributed by atoms with Crippen LogP contribution in [-0.4, -0.2) is 34.8 Å². The fourth-order valence-corrected chi connectivity index (χ4v) is 2.86. The highest BCUT2D eigenvalue weighted by Gasteiger charge is 2.18. The molecule has 6 heteroatoms. The Morgan fingerprint density at radius 2 is 1.53 bits per heavy atom.